The third kappa shape index (κ3) is 15.2. The Bertz CT molecular complexity index is 918. The van der Waals surface area contributed by atoms with Crippen LogP contribution in [0.15, 0.2) is 91.0 Å². The van der Waals surface area contributed by atoms with Crippen LogP contribution in [0, 0.1) is 0 Å². The van der Waals surface area contributed by atoms with E-state index in [4.69, 9.17) is 28.2 Å². The molecule has 0 aromatic heterocycles. The Labute approximate surface area is 260 Å². The second kappa shape index (κ2) is 22.1. The van der Waals surface area contributed by atoms with Crippen molar-refractivity contribution < 1.29 is 28.2 Å². The molecule has 0 saturated heterocycles. The Balaban J connectivity index is 1.76. The van der Waals surface area contributed by atoms with Gasteiger partial charge in [0, 0.05) is 0 Å². The predicted octanol–water partition coefficient (Wildman–Crippen LogP) is 9.22. The van der Waals surface area contributed by atoms with Crippen molar-refractivity contribution in [2.75, 3.05) is 0 Å². The van der Waals surface area contributed by atoms with Crippen molar-refractivity contribution in [2.45, 2.75) is 117 Å². The first-order valence-electron chi connectivity index (χ1n) is 16.1. The Kier molecular flexibility index (Phi) is 17.9. The lowest BCUT2D eigenvalue weighted by molar-refractivity contribution is -0.187. The van der Waals surface area contributed by atoms with Gasteiger partial charge >= 0.3 is 7.32 Å². The molecular weight excluding hydrogens is 539 g/mol. The van der Waals surface area contributed by atoms with E-state index in [2.05, 4.69) is 57.2 Å². The molecule has 0 heterocycles. The van der Waals surface area contributed by atoms with Gasteiger partial charge in [-0.15, -0.1) is 0 Å². The summed E-state index contributed by atoms with van der Waals surface area (Å²) in [5.41, 5.74) is 3.26. The van der Waals surface area contributed by atoms with E-state index in [1.54, 1.807) is 0 Å². The summed E-state index contributed by atoms with van der Waals surface area (Å²) in [4.78, 5) is 0. The maximum absolute atomic E-state index is 6.47. The van der Waals surface area contributed by atoms with Crippen molar-refractivity contribution in [3.63, 3.8) is 0 Å². The average molecular weight is 591 g/mol. The van der Waals surface area contributed by atoms with Gasteiger partial charge in [0.15, 0.2) is 0 Å². The van der Waals surface area contributed by atoms with Crippen LogP contribution in [-0.4, -0.2) is 26.2 Å². The van der Waals surface area contributed by atoms with Gasteiger partial charge in [0.1, 0.15) is 18.9 Å². The highest BCUT2D eigenvalue weighted by molar-refractivity contribution is 6.36. The number of benzene rings is 3. The number of hydrogen-bond donors (Lipinski definition) is 0. The standard InChI is InChI=1S/C36H51BO6/c1-4-7-25-34(38-28-31-19-13-10-14-20-31)41-37(42-35(26-8-5-2)39-29-32-21-15-11-16-22-32)43-36(27-9-6-3)40-30-33-23-17-12-18-24-33/h10-24,34-36H,4-9,25-30H2,1-3H3. The summed E-state index contributed by atoms with van der Waals surface area (Å²) in [6.07, 6.45) is 6.61. The van der Waals surface area contributed by atoms with Crippen molar-refractivity contribution in [1.29, 1.82) is 0 Å². The van der Waals surface area contributed by atoms with Crippen LogP contribution in [0.4, 0.5) is 0 Å². The van der Waals surface area contributed by atoms with Gasteiger partial charge in [-0.25, -0.2) is 0 Å². The van der Waals surface area contributed by atoms with E-state index in [1.165, 1.54) is 0 Å². The van der Waals surface area contributed by atoms with Crippen LogP contribution in [0.25, 0.3) is 0 Å². The predicted molar refractivity (Wildman–Crippen MR) is 173 cm³/mol. The van der Waals surface area contributed by atoms with E-state index >= 15 is 0 Å². The minimum atomic E-state index is -1.02. The van der Waals surface area contributed by atoms with E-state index in [-0.39, 0.29) is 0 Å². The Morgan fingerprint density at radius 3 is 0.977 bits per heavy atom. The molecular formula is C36H51BO6. The van der Waals surface area contributed by atoms with Crippen molar-refractivity contribution >= 4 is 7.32 Å². The molecule has 0 bridgehead atoms. The van der Waals surface area contributed by atoms with Crippen LogP contribution < -0.4 is 0 Å². The smallest absolute Gasteiger partial charge is 0.359 e. The van der Waals surface area contributed by atoms with Crippen molar-refractivity contribution in [3.05, 3.63) is 108 Å². The molecule has 3 atom stereocenters. The van der Waals surface area contributed by atoms with E-state index in [1.807, 2.05) is 54.6 Å². The molecule has 0 N–H and O–H groups in total. The second-order valence-corrected chi connectivity index (χ2v) is 10.8. The minimum Gasteiger partial charge on any atom is -0.359 e. The average Bonchev–Trinajstić information content (AvgIpc) is 3.06. The lowest BCUT2D eigenvalue weighted by Gasteiger charge is -2.29. The highest BCUT2D eigenvalue weighted by Crippen LogP contribution is 2.20. The summed E-state index contributed by atoms with van der Waals surface area (Å²) in [6.45, 7) is 7.81. The molecule has 7 heteroatoms. The minimum absolute atomic E-state index is 0.440. The molecule has 0 fully saturated rings. The maximum atomic E-state index is 6.47. The topological polar surface area (TPSA) is 55.4 Å². The zero-order valence-electron chi connectivity index (χ0n) is 26.4. The normalized spacial score (nSPS) is 13.5. The first kappa shape index (κ1) is 35.0. The molecule has 0 radical (unpaired) electrons. The fourth-order valence-electron chi connectivity index (χ4n) is 4.44. The molecule has 0 aliphatic carbocycles. The van der Waals surface area contributed by atoms with E-state index in [9.17, 15) is 0 Å². The number of rotatable bonds is 24. The van der Waals surface area contributed by atoms with E-state index in [0.717, 1.165) is 74.5 Å². The van der Waals surface area contributed by atoms with Gasteiger partial charge in [-0.2, -0.15) is 0 Å². The molecule has 0 amide bonds. The SMILES string of the molecule is CCCCC(OCc1ccccc1)OB(OC(CCCC)OCc1ccccc1)OC(CCCC)OCc1ccccc1. The largest absolute Gasteiger partial charge is 0.645 e. The third-order valence-electron chi connectivity index (χ3n) is 7.00. The third-order valence-corrected chi connectivity index (χ3v) is 7.00. The summed E-state index contributed by atoms with van der Waals surface area (Å²) in [5.74, 6) is 0. The van der Waals surface area contributed by atoms with Gasteiger partial charge in [0.05, 0.1) is 19.8 Å². The lowest BCUT2D eigenvalue weighted by Crippen LogP contribution is -2.41. The van der Waals surface area contributed by atoms with Crippen LogP contribution in [-0.2, 0) is 48.0 Å². The zero-order chi connectivity index (χ0) is 30.4. The van der Waals surface area contributed by atoms with Crippen LogP contribution >= 0.6 is 0 Å². The van der Waals surface area contributed by atoms with Gasteiger partial charge in [-0.1, -0.05) is 131 Å². The molecule has 3 rings (SSSR count). The van der Waals surface area contributed by atoms with E-state index < -0.39 is 26.2 Å². The molecule has 0 saturated carbocycles. The second-order valence-electron chi connectivity index (χ2n) is 10.8. The summed E-state index contributed by atoms with van der Waals surface area (Å²) >= 11 is 0. The lowest BCUT2D eigenvalue weighted by atomic mass is 10.1. The summed E-state index contributed by atoms with van der Waals surface area (Å²) in [7, 11) is -1.02. The molecule has 234 valence electrons. The first-order chi connectivity index (χ1) is 21.2. The number of hydrogen-bond acceptors (Lipinski definition) is 6. The molecule has 3 aromatic rings. The fraction of sp³-hybridized carbons (Fsp3) is 0.500. The molecule has 6 nitrogen and oxygen atoms in total. The van der Waals surface area contributed by atoms with Crippen LogP contribution in [0.1, 0.15) is 95.2 Å². The number of ether oxygens (including phenoxy) is 3. The molecule has 3 unspecified atom stereocenters. The molecule has 3 aromatic carbocycles. The van der Waals surface area contributed by atoms with Gasteiger partial charge in [-0.05, 0) is 55.2 Å². The molecule has 0 spiro atoms. The van der Waals surface area contributed by atoms with Gasteiger partial charge in [0.2, 0.25) is 0 Å². The van der Waals surface area contributed by atoms with Gasteiger partial charge in [0.25, 0.3) is 0 Å². The van der Waals surface area contributed by atoms with Crippen molar-refractivity contribution in [3.8, 4) is 0 Å². The molecule has 43 heavy (non-hydrogen) atoms. The van der Waals surface area contributed by atoms with Crippen LogP contribution in [0.5, 0.6) is 0 Å². The molecule has 0 aliphatic rings. The summed E-state index contributed by atoms with van der Waals surface area (Å²) in [6, 6.07) is 30.4. The van der Waals surface area contributed by atoms with Gasteiger partial charge in [-0.3, -0.25) is 0 Å². The molecule has 0 aliphatic heterocycles. The van der Waals surface area contributed by atoms with E-state index in [0.29, 0.717) is 19.8 Å². The summed E-state index contributed by atoms with van der Waals surface area (Å²) < 4.78 is 38.3. The van der Waals surface area contributed by atoms with Crippen LogP contribution in [0.2, 0.25) is 0 Å². The zero-order valence-corrected chi connectivity index (χ0v) is 26.4. The highest BCUT2D eigenvalue weighted by atomic mass is 16.8. The van der Waals surface area contributed by atoms with Gasteiger partial charge < -0.3 is 28.2 Å². The maximum Gasteiger partial charge on any atom is 0.645 e. The monoisotopic (exact) mass is 590 g/mol. The Morgan fingerprint density at radius 1 is 0.442 bits per heavy atom. The highest BCUT2D eigenvalue weighted by Gasteiger charge is 2.33. The summed E-state index contributed by atoms with van der Waals surface area (Å²) in [5, 5.41) is 0. The first-order valence-corrected chi connectivity index (χ1v) is 16.1. The number of unbranched alkanes of at least 4 members (excludes halogenated alkanes) is 3. The Hall–Kier alpha value is -2.52. The Morgan fingerprint density at radius 2 is 0.721 bits per heavy atom. The van der Waals surface area contributed by atoms with Crippen molar-refractivity contribution in [2.24, 2.45) is 0 Å². The van der Waals surface area contributed by atoms with Crippen molar-refractivity contribution in [1.82, 2.24) is 0 Å². The quantitative estimate of drug-likeness (QED) is 0.0766. The van der Waals surface area contributed by atoms with Crippen LogP contribution in [0.3, 0.4) is 0 Å². The fourth-order valence-corrected chi connectivity index (χ4v) is 4.44.